The molecule has 1 atom stereocenters. The van der Waals surface area contributed by atoms with Crippen molar-refractivity contribution < 1.29 is 19.0 Å². The highest BCUT2D eigenvalue weighted by Gasteiger charge is 2.28. The Morgan fingerprint density at radius 2 is 1.64 bits per heavy atom. The third-order valence-electron chi connectivity index (χ3n) is 7.84. The smallest absolute Gasteiger partial charge is 0.316 e. The molecule has 0 radical (unpaired) electrons. The number of hydrogen-bond acceptors (Lipinski definition) is 6. The maximum atomic E-state index is 12.4. The van der Waals surface area contributed by atoms with Crippen LogP contribution in [0.5, 0.6) is 17.2 Å². The zero-order valence-corrected chi connectivity index (χ0v) is 26.7. The summed E-state index contributed by atoms with van der Waals surface area (Å²) in [5, 5.41) is 0. The van der Waals surface area contributed by atoms with E-state index in [1.807, 2.05) is 52.8 Å². The maximum Gasteiger partial charge on any atom is 0.316 e. The van der Waals surface area contributed by atoms with Crippen LogP contribution in [0.25, 0.3) is 0 Å². The molecule has 0 heterocycles. The van der Waals surface area contributed by atoms with Gasteiger partial charge in [0.15, 0.2) is 0 Å². The van der Waals surface area contributed by atoms with Gasteiger partial charge >= 0.3 is 5.97 Å². The number of ether oxygens (including phenoxy) is 3. The molecule has 226 valence electrons. The first-order valence-electron chi connectivity index (χ1n) is 15.1. The van der Waals surface area contributed by atoms with Crippen molar-refractivity contribution in [2.45, 2.75) is 85.7 Å². The molecular formula is C36H48N2O4. The van der Waals surface area contributed by atoms with Gasteiger partial charge < -0.3 is 24.8 Å². The summed E-state index contributed by atoms with van der Waals surface area (Å²) in [4.78, 5) is 14.9. The van der Waals surface area contributed by atoms with Crippen LogP contribution >= 0.6 is 0 Å². The van der Waals surface area contributed by atoms with Gasteiger partial charge in [-0.2, -0.15) is 0 Å². The molecule has 2 N–H and O–H groups in total. The Labute approximate surface area is 252 Å². The van der Waals surface area contributed by atoms with E-state index in [0.29, 0.717) is 18.3 Å². The van der Waals surface area contributed by atoms with Crippen LogP contribution in [-0.4, -0.2) is 31.8 Å². The van der Waals surface area contributed by atoms with E-state index in [2.05, 4.69) is 55.1 Å². The minimum atomic E-state index is -0.536. The highest BCUT2D eigenvalue weighted by atomic mass is 16.5. The van der Waals surface area contributed by atoms with E-state index >= 15 is 0 Å². The third-order valence-corrected chi connectivity index (χ3v) is 7.84. The Bertz CT molecular complexity index is 1380. The normalized spacial score (nSPS) is 15.1. The second-order valence-corrected chi connectivity index (χ2v) is 13.3. The van der Waals surface area contributed by atoms with E-state index in [4.69, 9.17) is 19.9 Å². The van der Waals surface area contributed by atoms with Crippen molar-refractivity contribution in [3.63, 3.8) is 0 Å². The van der Waals surface area contributed by atoms with Crippen molar-refractivity contribution in [3.8, 4) is 17.2 Å². The number of esters is 1. The fourth-order valence-corrected chi connectivity index (χ4v) is 5.51. The maximum absolute atomic E-state index is 12.4. The molecule has 3 aromatic rings. The minimum Gasteiger partial charge on any atom is -0.497 e. The summed E-state index contributed by atoms with van der Waals surface area (Å²) < 4.78 is 17.3. The molecule has 0 fully saturated rings. The lowest BCUT2D eigenvalue weighted by Crippen LogP contribution is -2.38. The first kappa shape index (κ1) is 31.4. The van der Waals surface area contributed by atoms with Crippen LogP contribution in [-0.2, 0) is 24.2 Å². The minimum absolute atomic E-state index is 0.212. The Balaban J connectivity index is 1.57. The van der Waals surface area contributed by atoms with Crippen LogP contribution in [0.1, 0.15) is 81.7 Å². The average molecular weight is 573 g/mol. The number of carbonyl (C=O) groups excluding carboxylic acids is 1. The van der Waals surface area contributed by atoms with Gasteiger partial charge in [0.2, 0.25) is 0 Å². The van der Waals surface area contributed by atoms with Gasteiger partial charge in [-0.05, 0) is 132 Å². The third kappa shape index (κ3) is 7.86. The Morgan fingerprint density at radius 3 is 2.26 bits per heavy atom. The number of aryl methyl sites for hydroxylation is 2. The van der Waals surface area contributed by atoms with E-state index in [0.717, 1.165) is 43.9 Å². The predicted octanol–water partition coefficient (Wildman–Crippen LogP) is 7.37. The van der Waals surface area contributed by atoms with Gasteiger partial charge in [-0.25, -0.2) is 0 Å². The molecule has 1 aliphatic carbocycles. The molecule has 0 bridgehead atoms. The number of nitrogens with two attached hydrogens (primary N) is 1. The summed E-state index contributed by atoms with van der Waals surface area (Å²) in [7, 11) is 1.73. The fraction of sp³-hybridized carbons (Fsp3) is 0.472. The average Bonchev–Trinajstić information content (AvgIpc) is 2.93. The van der Waals surface area contributed by atoms with Gasteiger partial charge in [-0.15, -0.1) is 0 Å². The molecule has 0 saturated heterocycles. The molecule has 6 heteroatoms. The molecule has 42 heavy (non-hydrogen) atoms. The van der Waals surface area contributed by atoms with Gasteiger partial charge in [0.05, 0.1) is 12.5 Å². The molecule has 0 amide bonds. The number of benzene rings is 3. The van der Waals surface area contributed by atoms with Crippen molar-refractivity contribution in [1.82, 2.24) is 0 Å². The van der Waals surface area contributed by atoms with Gasteiger partial charge in [0.25, 0.3) is 0 Å². The van der Waals surface area contributed by atoms with E-state index in [9.17, 15) is 4.79 Å². The van der Waals surface area contributed by atoms with Crippen LogP contribution < -0.4 is 24.8 Å². The number of methoxy groups -OCH3 is 1. The van der Waals surface area contributed by atoms with Crippen LogP contribution in [0.3, 0.4) is 0 Å². The van der Waals surface area contributed by atoms with Crippen LogP contribution in [0.4, 0.5) is 5.69 Å². The van der Waals surface area contributed by atoms with E-state index in [1.54, 1.807) is 7.11 Å². The molecule has 1 aliphatic rings. The molecule has 3 aromatic carbocycles. The summed E-state index contributed by atoms with van der Waals surface area (Å²) in [6.07, 6.45) is 2.92. The second-order valence-electron chi connectivity index (χ2n) is 13.3. The van der Waals surface area contributed by atoms with Crippen LogP contribution in [0.2, 0.25) is 0 Å². The lowest BCUT2D eigenvalue weighted by Gasteiger charge is -2.33. The summed E-state index contributed by atoms with van der Waals surface area (Å²) >= 11 is 0. The Hall–Kier alpha value is -3.51. The van der Waals surface area contributed by atoms with Crippen molar-refractivity contribution in [1.29, 1.82) is 0 Å². The molecule has 0 saturated carbocycles. The van der Waals surface area contributed by atoms with E-state index < -0.39 is 5.41 Å². The van der Waals surface area contributed by atoms with Crippen molar-refractivity contribution in [2.75, 3.05) is 25.2 Å². The predicted molar refractivity (Wildman–Crippen MR) is 171 cm³/mol. The number of rotatable bonds is 10. The largest absolute Gasteiger partial charge is 0.497 e. The second kappa shape index (κ2) is 12.8. The van der Waals surface area contributed by atoms with Crippen LogP contribution in [0, 0.1) is 12.3 Å². The number of anilines is 1. The highest BCUT2D eigenvalue weighted by molar-refractivity contribution is 5.78. The first-order chi connectivity index (χ1) is 19.8. The molecule has 6 nitrogen and oxygen atoms in total. The number of hydrogen-bond donors (Lipinski definition) is 1. The van der Waals surface area contributed by atoms with E-state index in [-0.39, 0.29) is 11.5 Å². The van der Waals surface area contributed by atoms with Crippen molar-refractivity contribution in [3.05, 3.63) is 82.4 Å². The monoisotopic (exact) mass is 572 g/mol. The molecule has 0 aliphatic heterocycles. The quantitative estimate of drug-likeness (QED) is 0.202. The zero-order valence-electron chi connectivity index (χ0n) is 26.7. The van der Waals surface area contributed by atoms with E-state index in [1.165, 1.54) is 33.5 Å². The summed E-state index contributed by atoms with van der Waals surface area (Å²) in [5.74, 6) is 2.50. The Morgan fingerprint density at radius 1 is 0.952 bits per heavy atom. The van der Waals surface area contributed by atoms with Crippen molar-refractivity contribution >= 4 is 11.7 Å². The summed E-state index contributed by atoms with van der Waals surface area (Å²) in [5.41, 5.74) is 12.8. The lowest BCUT2D eigenvalue weighted by molar-refractivity contribution is -0.143. The molecular weight excluding hydrogens is 524 g/mol. The Kier molecular flexibility index (Phi) is 9.56. The SMILES string of the molecule is CCN(Cc1ccc(OCC(C)(C)N)cc1)c1cc(OC)cc(C)c1C1CCc2cc(OC(=O)C(C)(C)C)ccc2C1. The van der Waals surface area contributed by atoms with Crippen LogP contribution in [0.15, 0.2) is 54.6 Å². The zero-order chi connectivity index (χ0) is 30.7. The standard InChI is InChI=1S/C36H48N2O4/c1-9-38(22-25-10-15-29(16-11-25)41-23-36(6,7)37)32-21-31(40-8)18-24(2)33(32)28-13-12-27-20-30(17-14-26(27)19-28)42-34(39)35(3,4)5/h10-11,14-18,20-21,28H,9,12-13,19,22-23,37H2,1-8H3. The number of nitrogens with zero attached hydrogens (tertiary/aromatic N) is 1. The highest BCUT2D eigenvalue weighted by Crippen LogP contribution is 2.42. The number of fused-ring (bicyclic) bond motifs is 1. The lowest BCUT2D eigenvalue weighted by atomic mass is 9.78. The molecule has 1 unspecified atom stereocenters. The summed E-state index contributed by atoms with van der Waals surface area (Å²) in [6, 6.07) is 18.8. The summed E-state index contributed by atoms with van der Waals surface area (Å²) in [6.45, 7) is 16.1. The topological polar surface area (TPSA) is 74.0 Å². The first-order valence-corrected chi connectivity index (χ1v) is 15.1. The van der Waals surface area contributed by atoms with Gasteiger partial charge in [0, 0.05) is 30.4 Å². The molecule has 0 aromatic heterocycles. The number of carbonyl (C=O) groups is 1. The van der Waals surface area contributed by atoms with Gasteiger partial charge in [-0.3, -0.25) is 4.79 Å². The molecule has 0 spiro atoms. The van der Waals surface area contributed by atoms with Gasteiger partial charge in [0.1, 0.15) is 23.9 Å². The molecule has 4 rings (SSSR count). The van der Waals surface area contributed by atoms with Gasteiger partial charge in [-0.1, -0.05) is 18.2 Å². The van der Waals surface area contributed by atoms with Crippen molar-refractivity contribution in [2.24, 2.45) is 11.1 Å². The fourth-order valence-electron chi connectivity index (χ4n) is 5.51.